The maximum absolute atomic E-state index is 11.7. The summed E-state index contributed by atoms with van der Waals surface area (Å²) < 4.78 is 0. The third kappa shape index (κ3) is 3.71. The summed E-state index contributed by atoms with van der Waals surface area (Å²) in [4.78, 5) is 17.2. The summed E-state index contributed by atoms with van der Waals surface area (Å²) >= 11 is 0. The molecular formula is C12H19N3O2. The fourth-order valence-corrected chi connectivity index (χ4v) is 1.28. The maximum Gasteiger partial charge on any atom is 0.272 e. The van der Waals surface area contributed by atoms with Crippen LogP contribution in [0.25, 0.3) is 0 Å². The molecule has 5 heteroatoms. The minimum absolute atomic E-state index is 0.00623. The second-order valence-corrected chi connectivity index (χ2v) is 4.80. The molecule has 0 aliphatic rings. The van der Waals surface area contributed by atoms with Crippen LogP contribution in [0.3, 0.4) is 0 Å². The maximum atomic E-state index is 11.7. The minimum Gasteiger partial charge on any atom is -0.394 e. The summed E-state index contributed by atoms with van der Waals surface area (Å²) in [5.41, 5.74) is 0.720. The summed E-state index contributed by atoms with van der Waals surface area (Å²) in [7, 11) is 3.36. The Bertz CT molecular complexity index is 402. The topological polar surface area (TPSA) is 65.5 Å². The molecule has 0 saturated carbocycles. The molecule has 1 aromatic rings. The van der Waals surface area contributed by atoms with E-state index in [1.54, 1.807) is 32.4 Å². The molecule has 0 saturated heterocycles. The Morgan fingerprint density at radius 2 is 2.18 bits per heavy atom. The van der Waals surface area contributed by atoms with E-state index in [4.69, 9.17) is 5.11 Å². The highest BCUT2D eigenvalue weighted by molar-refractivity contribution is 5.92. The molecule has 2 N–H and O–H groups in total. The predicted octanol–water partition coefficient (Wildman–Crippen LogP) is 0.966. The standard InChI is InChI=1S/C12H19N3O2/c1-12(2,8-16)14-9-5-6-13-10(7-9)11(17)15(3)4/h5-7,16H,8H2,1-4H3,(H,13,14). The summed E-state index contributed by atoms with van der Waals surface area (Å²) in [5, 5.41) is 12.3. The van der Waals surface area contributed by atoms with Gasteiger partial charge in [-0.25, -0.2) is 0 Å². The molecule has 94 valence electrons. The van der Waals surface area contributed by atoms with Crippen LogP contribution in [0.2, 0.25) is 0 Å². The van der Waals surface area contributed by atoms with Gasteiger partial charge >= 0.3 is 0 Å². The van der Waals surface area contributed by atoms with Crippen molar-refractivity contribution in [3.63, 3.8) is 0 Å². The van der Waals surface area contributed by atoms with E-state index in [0.717, 1.165) is 5.69 Å². The van der Waals surface area contributed by atoms with E-state index >= 15 is 0 Å². The smallest absolute Gasteiger partial charge is 0.272 e. The first-order valence-corrected chi connectivity index (χ1v) is 5.42. The lowest BCUT2D eigenvalue weighted by Crippen LogP contribution is -2.35. The number of carbonyl (C=O) groups excluding carboxylic acids is 1. The lowest BCUT2D eigenvalue weighted by molar-refractivity contribution is 0.0822. The fraction of sp³-hybridized carbons (Fsp3) is 0.500. The Balaban J connectivity index is 2.90. The molecule has 1 aromatic heterocycles. The largest absolute Gasteiger partial charge is 0.394 e. The van der Waals surface area contributed by atoms with E-state index in [2.05, 4.69) is 10.3 Å². The van der Waals surface area contributed by atoms with Crippen molar-refractivity contribution < 1.29 is 9.90 Å². The van der Waals surface area contributed by atoms with Crippen molar-refractivity contribution in [1.82, 2.24) is 9.88 Å². The number of aromatic nitrogens is 1. The lowest BCUT2D eigenvalue weighted by Gasteiger charge is -2.25. The quantitative estimate of drug-likeness (QED) is 0.819. The van der Waals surface area contributed by atoms with E-state index in [0.29, 0.717) is 5.69 Å². The molecule has 0 radical (unpaired) electrons. The molecule has 0 unspecified atom stereocenters. The molecule has 0 atom stereocenters. The van der Waals surface area contributed by atoms with E-state index in [1.807, 2.05) is 13.8 Å². The Hall–Kier alpha value is -1.62. The van der Waals surface area contributed by atoms with Gasteiger partial charge in [0.1, 0.15) is 5.69 Å². The summed E-state index contributed by atoms with van der Waals surface area (Å²) in [6.45, 7) is 3.76. The zero-order valence-corrected chi connectivity index (χ0v) is 10.7. The number of pyridine rings is 1. The van der Waals surface area contributed by atoms with Crippen LogP contribution in [0.15, 0.2) is 18.3 Å². The number of anilines is 1. The van der Waals surface area contributed by atoms with Crippen molar-refractivity contribution in [2.24, 2.45) is 0 Å². The normalized spacial score (nSPS) is 11.1. The van der Waals surface area contributed by atoms with Gasteiger partial charge < -0.3 is 15.3 Å². The molecule has 17 heavy (non-hydrogen) atoms. The van der Waals surface area contributed by atoms with Gasteiger partial charge in [-0.05, 0) is 26.0 Å². The van der Waals surface area contributed by atoms with Crippen molar-refractivity contribution in [2.75, 3.05) is 26.0 Å². The van der Waals surface area contributed by atoms with Crippen LogP contribution in [-0.4, -0.2) is 47.1 Å². The van der Waals surface area contributed by atoms with Crippen LogP contribution < -0.4 is 5.32 Å². The SMILES string of the molecule is CN(C)C(=O)c1cc(NC(C)(C)CO)ccn1. The summed E-state index contributed by atoms with van der Waals surface area (Å²) in [6, 6.07) is 3.45. The number of rotatable bonds is 4. The van der Waals surface area contributed by atoms with Crippen molar-refractivity contribution in [1.29, 1.82) is 0 Å². The minimum atomic E-state index is -0.431. The van der Waals surface area contributed by atoms with Gasteiger partial charge in [-0.3, -0.25) is 9.78 Å². The molecule has 1 amide bonds. The Labute approximate surface area is 101 Å². The molecule has 1 rings (SSSR count). The number of nitrogens with zero attached hydrogens (tertiary/aromatic N) is 2. The third-order valence-electron chi connectivity index (χ3n) is 2.26. The molecule has 0 aliphatic heterocycles. The predicted molar refractivity (Wildman–Crippen MR) is 67.0 cm³/mol. The highest BCUT2D eigenvalue weighted by Gasteiger charge is 2.17. The van der Waals surface area contributed by atoms with Crippen LogP contribution in [0, 0.1) is 0 Å². The molecular weight excluding hydrogens is 218 g/mol. The van der Waals surface area contributed by atoms with Crippen molar-refractivity contribution in [3.8, 4) is 0 Å². The van der Waals surface area contributed by atoms with Gasteiger partial charge in [-0.2, -0.15) is 0 Å². The highest BCUT2D eigenvalue weighted by Crippen LogP contribution is 2.15. The van der Waals surface area contributed by atoms with Gasteiger partial charge in [0.2, 0.25) is 0 Å². The molecule has 5 nitrogen and oxygen atoms in total. The first-order valence-electron chi connectivity index (χ1n) is 5.42. The second-order valence-electron chi connectivity index (χ2n) is 4.80. The monoisotopic (exact) mass is 237 g/mol. The van der Waals surface area contributed by atoms with Crippen LogP contribution in [-0.2, 0) is 0 Å². The zero-order valence-electron chi connectivity index (χ0n) is 10.7. The van der Waals surface area contributed by atoms with Crippen molar-refractivity contribution in [3.05, 3.63) is 24.0 Å². The molecule has 0 spiro atoms. The van der Waals surface area contributed by atoms with Crippen molar-refractivity contribution >= 4 is 11.6 Å². The second kappa shape index (κ2) is 5.14. The summed E-state index contributed by atoms with van der Waals surface area (Å²) in [5.74, 6) is -0.143. The number of aliphatic hydroxyl groups excluding tert-OH is 1. The van der Waals surface area contributed by atoms with Crippen LogP contribution in [0.4, 0.5) is 5.69 Å². The average Bonchev–Trinajstić information content (AvgIpc) is 2.27. The number of carbonyl (C=O) groups is 1. The van der Waals surface area contributed by atoms with Gasteiger partial charge in [0.15, 0.2) is 0 Å². The molecule has 0 aliphatic carbocycles. The van der Waals surface area contributed by atoms with Gasteiger partial charge in [0, 0.05) is 26.0 Å². The van der Waals surface area contributed by atoms with E-state index in [9.17, 15) is 4.79 Å². The van der Waals surface area contributed by atoms with E-state index < -0.39 is 5.54 Å². The third-order valence-corrected chi connectivity index (χ3v) is 2.26. The molecule has 0 aromatic carbocycles. The summed E-state index contributed by atoms with van der Waals surface area (Å²) in [6.07, 6.45) is 1.58. The highest BCUT2D eigenvalue weighted by atomic mass is 16.3. The first kappa shape index (κ1) is 13.4. The Morgan fingerprint density at radius 3 is 2.71 bits per heavy atom. The molecule has 0 fully saturated rings. The van der Waals surface area contributed by atoms with Gasteiger partial charge in [-0.1, -0.05) is 0 Å². The lowest BCUT2D eigenvalue weighted by atomic mass is 10.1. The van der Waals surface area contributed by atoms with Gasteiger partial charge in [-0.15, -0.1) is 0 Å². The Morgan fingerprint density at radius 1 is 1.53 bits per heavy atom. The van der Waals surface area contributed by atoms with Gasteiger partial charge in [0.25, 0.3) is 5.91 Å². The zero-order chi connectivity index (χ0) is 13.1. The first-order chi connectivity index (χ1) is 7.85. The van der Waals surface area contributed by atoms with Gasteiger partial charge in [0.05, 0.1) is 12.1 Å². The van der Waals surface area contributed by atoms with Crippen LogP contribution in [0.1, 0.15) is 24.3 Å². The Kier molecular flexibility index (Phi) is 4.07. The van der Waals surface area contributed by atoms with E-state index in [1.165, 1.54) is 4.90 Å². The van der Waals surface area contributed by atoms with Crippen LogP contribution in [0.5, 0.6) is 0 Å². The average molecular weight is 237 g/mol. The molecule has 0 bridgehead atoms. The van der Waals surface area contributed by atoms with Crippen molar-refractivity contribution in [2.45, 2.75) is 19.4 Å². The number of nitrogens with one attached hydrogen (secondary N) is 1. The fourth-order valence-electron chi connectivity index (χ4n) is 1.28. The molecule has 1 heterocycles. The number of amides is 1. The number of aliphatic hydroxyl groups is 1. The van der Waals surface area contributed by atoms with E-state index in [-0.39, 0.29) is 12.5 Å². The number of hydrogen-bond donors (Lipinski definition) is 2. The van der Waals surface area contributed by atoms with Crippen LogP contribution >= 0.6 is 0 Å². The number of hydrogen-bond acceptors (Lipinski definition) is 4.